The van der Waals surface area contributed by atoms with Gasteiger partial charge in [-0.05, 0) is 54.4 Å². The standard InChI is InChI=1S/C22H19NO5/c24-17-7-6-13(10-16(17)22(27)28)23-20(25)18-12-8-14(11-4-2-1-3-5-11)15(9-12)19(18)21(23)26/h1-7,10,12,14-15,18-19,24H,8-9H2,(H,27,28). The third-order valence-corrected chi connectivity index (χ3v) is 6.71. The van der Waals surface area contributed by atoms with Gasteiger partial charge in [-0.3, -0.25) is 14.5 Å². The molecule has 2 saturated carbocycles. The molecule has 1 heterocycles. The van der Waals surface area contributed by atoms with Crippen molar-refractivity contribution in [2.45, 2.75) is 18.8 Å². The maximum Gasteiger partial charge on any atom is 0.339 e. The molecule has 2 N–H and O–H groups in total. The van der Waals surface area contributed by atoms with Crippen molar-refractivity contribution in [3.8, 4) is 5.75 Å². The zero-order valence-corrected chi connectivity index (χ0v) is 15.0. The van der Waals surface area contributed by atoms with Gasteiger partial charge in [0.05, 0.1) is 17.5 Å². The van der Waals surface area contributed by atoms with Crippen LogP contribution in [0.4, 0.5) is 5.69 Å². The van der Waals surface area contributed by atoms with Crippen LogP contribution >= 0.6 is 0 Å². The topological polar surface area (TPSA) is 94.9 Å². The zero-order valence-electron chi connectivity index (χ0n) is 15.0. The molecule has 5 unspecified atom stereocenters. The van der Waals surface area contributed by atoms with E-state index in [4.69, 9.17) is 0 Å². The molecule has 5 rings (SSSR count). The predicted molar refractivity (Wildman–Crippen MR) is 99.9 cm³/mol. The molecule has 28 heavy (non-hydrogen) atoms. The van der Waals surface area contributed by atoms with Gasteiger partial charge in [0.2, 0.25) is 11.8 Å². The number of fused-ring (bicyclic) bond motifs is 5. The highest BCUT2D eigenvalue weighted by molar-refractivity contribution is 6.23. The number of carboxylic acids is 1. The Kier molecular flexibility index (Phi) is 3.59. The molecule has 5 atom stereocenters. The van der Waals surface area contributed by atoms with Crippen LogP contribution in [0, 0.1) is 23.7 Å². The number of aromatic hydroxyl groups is 1. The van der Waals surface area contributed by atoms with Gasteiger partial charge in [0.1, 0.15) is 11.3 Å². The van der Waals surface area contributed by atoms with E-state index in [9.17, 15) is 24.6 Å². The quantitative estimate of drug-likeness (QED) is 0.802. The molecule has 3 fully saturated rings. The third kappa shape index (κ3) is 2.24. The number of hydrogen-bond donors (Lipinski definition) is 2. The fourth-order valence-corrected chi connectivity index (χ4v) is 5.63. The van der Waals surface area contributed by atoms with Crippen molar-refractivity contribution in [3.63, 3.8) is 0 Å². The van der Waals surface area contributed by atoms with Crippen LogP contribution in [-0.2, 0) is 9.59 Å². The molecule has 2 aromatic rings. The van der Waals surface area contributed by atoms with Crippen LogP contribution in [0.2, 0.25) is 0 Å². The molecule has 6 nitrogen and oxygen atoms in total. The molecule has 2 amide bonds. The molecule has 0 aromatic heterocycles. The maximum atomic E-state index is 13.2. The number of anilines is 1. The molecule has 2 aromatic carbocycles. The maximum absolute atomic E-state index is 13.2. The van der Waals surface area contributed by atoms with Gasteiger partial charge in [-0.1, -0.05) is 30.3 Å². The Hall–Kier alpha value is -3.15. The average Bonchev–Trinajstić information content (AvgIpc) is 3.35. The first-order chi connectivity index (χ1) is 13.5. The van der Waals surface area contributed by atoms with Gasteiger partial charge in [-0.2, -0.15) is 0 Å². The summed E-state index contributed by atoms with van der Waals surface area (Å²) < 4.78 is 0. The monoisotopic (exact) mass is 377 g/mol. The van der Waals surface area contributed by atoms with Gasteiger partial charge < -0.3 is 10.2 Å². The minimum atomic E-state index is -1.30. The van der Waals surface area contributed by atoms with E-state index in [0.29, 0.717) is 0 Å². The second kappa shape index (κ2) is 5.92. The van der Waals surface area contributed by atoms with E-state index >= 15 is 0 Å². The summed E-state index contributed by atoms with van der Waals surface area (Å²) in [5, 5.41) is 19.0. The number of benzene rings is 2. The Labute approximate surface area is 161 Å². The molecular weight excluding hydrogens is 358 g/mol. The molecular formula is C22H19NO5. The molecule has 2 bridgehead atoms. The normalized spacial score (nSPS) is 30.7. The highest BCUT2D eigenvalue weighted by atomic mass is 16.4. The molecule has 142 valence electrons. The number of rotatable bonds is 3. The molecule has 1 aliphatic heterocycles. The minimum Gasteiger partial charge on any atom is -0.507 e. The summed E-state index contributed by atoms with van der Waals surface area (Å²) in [6.07, 6.45) is 1.79. The second-order valence-electron chi connectivity index (χ2n) is 7.98. The van der Waals surface area contributed by atoms with E-state index in [-0.39, 0.29) is 58.4 Å². The van der Waals surface area contributed by atoms with E-state index in [0.717, 1.165) is 17.7 Å². The highest BCUT2D eigenvalue weighted by Crippen LogP contribution is 2.61. The largest absolute Gasteiger partial charge is 0.507 e. The molecule has 0 spiro atoms. The van der Waals surface area contributed by atoms with Crippen LogP contribution in [-0.4, -0.2) is 28.0 Å². The van der Waals surface area contributed by atoms with Crippen molar-refractivity contribution >= 4 is 23.5 Å². The summed E-state index contributed by atoms with van der Waals surface area (Å²) in [5.41, 5.74) is 1.11. The van der Waals surface area contributed by atoms with Gasteiger partial charge in [0.15, 0.2) is 0 Å². The first-order valence-electron chi connectivity index (χ1n) is 9.46. The summed E-state index contributed by atoms with van der Waals surface area (Å²) in [4.78, 5) is 38.8. The lowest BCUT2D eigenvalue weighted by atomic mass is 9.73. The number of imide groups is 1. The van der Waals surface area contributed by atoms with Crippen LogP contribution in [0.1, 0.15) is 34.7 Å². The van der Waals surface area contributed by atoms with Crippen molar-refractivity contribution in [2.75, 3.05) is 4.90 Å². The number of carbonyl (C=O) groups excluding carboxylic acids is 2. The smallest absolute Gasteiger partial charge is 0.339 e. The van der Waals surface area contributed by atoms with E-state index in [2.05, 4.69) is 12.1 Å². The van der Waals surface area contributed by atoms with Gasteiger partial charge in [-0.25, -0.2) is 4.79 Å². The highest BCUT2D eigenvalue weighted by Gasteiger charge is 2.64. The van der Waals surface area contributed by atoms with E-state index in [1.807, 2.05) is 18.2 Å². The number of carboxylic acid groups (broad SMARTS) is 1. The minimum absolute atomic E-state index is 0.134. The zero-order chi connectivity index (χ0) is 19.6. The predicted octanol–water partition coefficient (Wildman–Crippen LogP) is 3.02. The van der Waals surface area contributed by atoms with Crippen LogP contribution in [0.3, 0.4) is 0 Å². The molecule has 2 aliphatic carbocycles. The van der Waals surface area contributed by atoms with Gasteiger partial charge in [0, 0.05) is 0 Å². The summed E-state index contributed by atoms with van der Waals surface area (Å²) in [6.45, 7) is 0. The number of nitrogens with zero attached hydrogens (tertiary/aromatic N) is 1. The SMILES string of the molecule is O=C(O)c1cc(N2C(=O)C3C4CC(c5ccccc5)C(C4)C3C2=O)ccc1O. The van der Waals surface area contributed by atoms with Crippen LogP contribution in [0.15, 0.2) is 48.5 Å². The lowest BCUT2D eigenvalue weighted by Crippen LogP contribution is -2.33. The molecule has 0 radical (unpaired) electrons. The Balaban J connectivity index is 1.50. The second-order valence-corrected chi connectivity index (χ2v) is 7.98. The van der Waals surface area contributed by atoms with E-state index in [1.165, 1.54) is 23.8 Å². The van der Waals surface area contributed by atoms with Crippen molar-refractivity contribution in [2.24, 2.45) is 23.7 Å². The lowest BCUT2D eigenvalue weighted by molar-refractivity contribution is -0.123. The Bertz CT molecular complexity index is 1000. The van der Waals surface area contributed by atoms with Gasteiger partial charge in [0.25, 0.3) is 0 Å². The summed E-state index contributed by atoms with van der Waals surface area (Å²) >= 11 is 0. The van der Waals surface area contributed by atoms with Crippen molar-refractivity contribution in [1.82, 2.24) is 0 Å². The Morgan fingerprint density at radius 2 is 1.68 bits per heavy atom. The van der Waals surface area contributed by atoms with Crippen LogP contribution in [0.5, 0.6) is 5.75 Å². The Morgan fingerprint density at radius 1 is 0.964 bits per heavy atom. The number of carbonyl (C=O) groups is 3. The summed E-state index contributed by atoms with van der Waals surface area (Å²) in [5.74, 6) is -2.26. The fraction of sp³-hybridized carbons (Fsp3) is 0.318. The summed E-state index contributed by atoms with van der Waals surface area (Å²) in [6, 6.07) is 14.0. The summed E-state index contributed by atoms with van der Waals surface area (Å²) in [7, 11) is 0. The number of aromatic carboxylic acids is 1. The number of hydrogen-bond acceptors (Lipinski definition) is 4. The van der Waals surface area contributed by atoms with E-state index < -0.39 is 5.97 Å². The van der Waals surface area contributed by atoms with Crippen LogP contribution < -0.4 is 4.90 Å². The van der Waals surface area contributed by atoms with Crippen molar-refractivity contribution < 1.29 is 24.6 Å². The third-order valence-electron chi connectivity index (χ3n) is 6.71. The van der Waals surface area contributed by atoms with Crippen molar-refractivity contribution in [3.05, 3.63) is 59.7 Å². The van der Waals surface area contributed by atoms with Crippen LogP contribution in [0.25, 0.3) is 0 Å². The molecule has 3 aliphatic rings. The average molecular weight is 377 g/mol. The van der Waals surface area contributed by atoms with Crippen molar-refractivity contribution in [1.29, 1.82) is 0 Å². The Morgan fingerprint density at radius 3 is 2.39 bits per heavy atom. The lowest BCUT2D eigenvalue weighted by Gasteiger charge is -2.28. The molecule has 6 heteroatoms. The fourth-order valence-electron chi connectivity index (χ4n) is 5.63. The molecule has 1 saturated heterocycles. The first kappa shape index (κ1) is 17.0. The van der Waals surface area contributed by atoms with Gasteiger partial charge in [-0.15, -0.1) is 0 Å². The number of phenols is 1. The first-order valence-corrected chi connectivity index (χ1v) is 9.46. The van der Waals surface area contributed by atoms with Gasteiger partial charge >= 0.3 is 5.97 Å². The van der Waals surface area contributed by atoms with E-state index in [1.54, 1.807) is 0 Å². The number of amides is 2.